The fourth-order valence-electron chi connectivity index (χ4n) is 3.91. The van der Waals surface area contributed by atoms with E-state index in [1.54, 1.807) is 30.5 Å². The first-order chi connectivity index (χ1) is 17.2. The normalized spacial score (nSPS) is 14.1. The summed E-state index contributed by atoms with van der Waals surface area (Å²) in [7, 11) is 0. The maximum absolute atomic E-state index is 13.8. The van der Waals surface area contributed by atoms with E-state index < -0.39 is 17.6 Å². The zero-order valence-electron chi connectivity index (χ0n) is 19.8. The molecule has 1 aromatic heterocycles. The van der Waals surface area contributed by atoms with E-state index in [0.717, 1.165) is 24.7 Å². The minimum Gasteiger partial charge on any atom is -0.332 e. The molecule has 1 aliphatic heterocycles. The Kier molecular flexibility index (Phi) is 7.58. The zero-order valence-corrected chi connectivity index (χ0v) is 19.8. The SMILES string of the molecule is C=Cc1ncc(C#Cc2cc(C(=O)Nc3ccc(CN4CCNCC4)c(C(F)(F)F)c3)ccc2C)[nH]1. The van der Waals surface area contributed by atoms with Gasteiger partial charge in [0.05, 0.1) is 11.8 Å². The van der Waals surface area contributed by atoms with Gasteiger partial charge in [-0.05, 0) is 54.3 Å². The first-order valence-electron chi connectivity index (χ1n) is 11.5. The van der Waals surface area contributed by atoms with Crippen molar-refractivity contribution < 1.29 is 18.0 Å². The molecular formula is C27H26F3N5O. The second kappa shape index (κ2) is 10.8. The molecule has 0 saturated carbocycles. The quantitative estimate of drug-likeness (QED) is 0.460. The number of nitrogens with one attached hydrogen (secondary N) is 3. The lowest BCUT2D eigenvalue weighted by Crippen LogP contribution is -2.43. The van der Waals surface area contributed by atoms with E-state index >= 15 is 0 Å². The number of anilines is 1. The summed E-state index contributed by atoms with van der Waals surface area (Å²) < 4.78 is 41.5. The number of nitrogens with zero attached hydrogens (tertiary/aromatic N) is 2. The number of rotatable bonds is 5. The van der Waals surface area contributed by atoms with Gasteiger partial charge in [0.25, 0.3) is 5.91 Å². The first-order valence-corrected chi connectivity index (χ1v) is 11.5. The largest absolute Gasteiger partial charge is 0.416 e. The van der Waals surface area contributed by atoms with Crippen LogP contribution in [-0.4, -0.2) is 47.0 Å². The molecule has 0 unspecified atom stereocenters. The third kappa shape index (κ3) is 6.22. The summed E-state index contributed by atoms with van der Waals surface area (Å²) in [6.45, 7) is 8.57. The van der Waals surface area contributed by atoms with Gasteiger partial charge in [0.15, 0.2) is 0 Å². The number of aromatic amines is 1. The minimum atomic E-state index is -4.53. The van der Waals surface area contributed by atoms with Gasteiger partial charge in [0.2, 0.25) is 0 Å². The van der Waals surface area contributed by atoms with Crippen molar-refractivity contribution >= 4 is 17.7 Å². The number of carbonyl (C=O) groups is 1. The summed E-state index contributed by atoms with van der Waals surface area (Å²) in [4.78, 5) is 21.9. The number of H-pyrrole nitrogens is 1. The average Bonchev–Trinajstić information content (AvgIpc) is 3.32. The van der Waals surface area contributed by atoms with Crippen LogP contribution in [0.4, 0.5) is 18.9 Å². The molecule has 2 heterocycles. The summed E-state index contributed by atoms with van der Waals surface area (Å²) >= 11 is 0. The lowest BCUT2D eigenvalue weighted by Gasteiger charge is -2.28. The third-order valence-corrected chi connectivity index (χ3v) is 5.90. The lowest BCUT2D eigenvalue weighted by atomic mass is 10.0. The van der Waals surface area contributed by atoms with E-state index in [2.05, 4.69) is 39.0 Å². The summed E-state index contributed by atoms with van der Waals surface area (Å²) in [5, 5.41) is 5.79. The third-order valence-electron chi connectivity index (χ3n) is 5.90. The van der Waals surface area contributed by atoms with Gasteiger partial charge in [0.1, 0.15) is 11.5 Å². The van der Waals surface area contributed by atoms with E-state index in [9.17, 15) is 18.0 Å². The van der Waals surface area contributed by atoms with E-state index in [1.165, 1.54) is 12.1 Å². The lowest BCUT2D eigenvalue weighted by molar-refractivity contribution is -0.138. The van der Waals surface area contributed by atoms with Gasteiger partial charge in [-0.25, -0.2) is 4.98 Å². The predicted octanol–water partition coefficient (Wildman–Crippen LogP) is 4.44. The maximum Gasteiger partial charge on any atom is 0.416 e. The molecule has 9 heteroatoms. The number of hydrogen-bond donors (Lipinski definition) is 3. The molecule has 0 atom stereocenters. The number of piperazine rings is 1. The zero-order chi connectivity index (χ0) is 25.7. The van der Waals surface area contributed by atoms with Crippen LogP contribution in [0, 0.1) is 18.8 Å². The highest BCUT2D eigenvalue weighted by Crippen LogP contribution is 2.34. The van der Waals surface area contributed by atoms with E-state index in [4.69, 9.17) is 0 Å². The van der Waals surface area contributed by atoms with Crippen LogP contribution in [0.15, 0.2) is 49.2 Å². The van der Waals surface area contributed by atoms with Crippen LogP contribution in [-0.2, 0) is 12.7 Å². The molecule has 1 aliphatic rings. The monoisotopic (exact) mass is 493 g/mol. The Morgan fingerprint density at radius 2 is 1.97 bits per heavy atom. The van der Waals surface area contributed by atoms with E-state index in [0.29, 0.717) is 35.7 Å². The average molecular weight is 494 g/mol. The van der Waals surface area contributed by atoms with Gasteiger partial charge >= 0.3 is 6.18 Å². The topological polar surface area (TPSA) is 73.1 Å². The van der Waals surface area contributed by atoms with Crippen LogP contribution < -0.4 is 10.6 Å². The smallest absolute Gasteiger partial charge is 0.332 e. The summed E-state index contributed by atoms with van der Waals surface area (Å²) in [6.07, 6.45) is -1.38. The maximum atomic E-state index is 13.8. The number of amides is 1. The van der Waals surface area contributed by atoms with Crippen molar-refractivity contribution in [1.82, 2.24) is 20.2 Å². The number of imidazole rings is 1. The van der Waals surface area contributed by atoms with Crippen LogP contribution in [0.2, 0.25) is 0 Å². The van der Waals surface area contributed by atoms with Crippen molar-refractivity contribution in [2.24, 2.45) is 0 Å². The predicted molar refractivity (Wildman–Crippen MR) is 133 cm³/mol. The highest BCUT2D eigenvalue weighted by Gasteiger charge is 2.34. The minimum absolute atomic E-state index is 0.0824. The Morgan fingerprint density at radius 3 is 2.67 bits per heavy atom. The first kappa shape index (κ1) is 25.2. The highest BCUT2D eigenvalue weighted by atomic mass is 19.4. The van der Waals surface area contributed by atoms with Gasteiger partial charge in [-0.3, -0.25) is 9.69 Å². The Morgan fingerprint density at radius 1 is 1.19 bits per heavy atom. The van der Waals surface area contributed by atoms with E-state index in [-0.39, 0.29) is 17.8 Å². The molecule has 3 aromatic rings. The summed E-state index contributed by atoms with van der Waals surface area (Å²) in [5.74, 6) is 6.04. The van der Waals surface area contributed by atoms with Crippen molar-refractivity contribution in [2.75, 3.05) is 31.5 Å². The number of halogens is 3. The Hall–Kier alpha value is -3.87. The number of alkyl halides is 3. The number of carbonyl (C=O) groups excluding carboxylic acids is 1. The number of aromatic nitrogens is 2. The van der Waals surface area contributed by atoms with Crippen molar-refractivity contribution in [3.05, 3.63) is 88.5 Å². The van der Waals surface area contributed by atoms with Crippen molar-refractivity contribution in [3.8, 4) is 11.8 Å². The van der Waals surface area contributed by atoms with Gasteiger partial charge < -0.3 is 15.6 Å². The molecule has 2 aromatic carbocycles. The van der Waals surface area contributed by atoms with Crippen LogP contribution in [0.3, 0.4) is 0 Å². The van der Waals surface area contributed by atoms with Gasteiger partial charge in [-0.15, -0.1) is 0 Å². The standard InChI is InChI=1S/C27H26F3N5O/c1-3-25-32-16-23(33-25)9-6-19-14-20(5-4-18(19)2)26(36)34-22-8-7-21(24(15-22)27(28,29)30)17-35-12-10-31-11-13-35/h3-5,7-8,14-16,31H,1,10-13,17H2,2H3,(H,32,33)(H,34,36). The van der Waals surface area contributed by atoms with Crippen molar-refractivity contribution in [1.29, 1.82) is 0 Å². The molecule has 0 aliphatic carbocycles. The van der Waals surface area contributed by atoms with Gasteiger partial charge in [0, 0.05) is 49.5 Å². The molecule has 36 heavy (non-hydrogen) atoms. The highest BCUT2D eigenvalue weighted by molar-refractivity contribution is 6.04. The van der Waals surface area contributed by atoms with Crippen LogP contribution >= 0.6 is 0 Å². The number of hydrogen-bond acceptors (Lipinski definition) is 4. The molecule has 1 amide bonds. The Bertz CT molecular complexity index is 1330. The van der Waals surface area contributed by atoms with Gasteiger partial charge in [-0.2, -0.15) is 13.2 Å². The number of aryl methyl sites for hydroxylation is 1. The molecule has 6 nitrogen and oxygen atoms in total. The molecule has 1 saturated heterocycles. The van der Waals surface area contributed by atoms with Crippen molar-refractivity contribution in [3.63, 3.8) is 0 Å². The summed E-state index contributed by atoms with van der Waals surface area (Å²) in [5.41, 5.74) is 1.90. The fraction of sp³-hybridized carbons (Fsp3) is 0.259. The second-order valence-electron chi connectivity index (χ2n) is 8.52. The number of benzene rings is 2. The van der Waals surface area contributed by atoms with Crippen LogP contribution in [0.1, 0.15) is 44.1 Å². The van der Waals surface area contributed by atoms with E-state index in [1.807, 2.05) is 11.8 Å². The Labute approximate surface area is 207 Å². The molecule has 0 bridgehead atoms. The molecule has 4 rings (SSSR count). The van der Waals surface area contributed by atoms with Crippen LogP contribution in [0.25, 0.3) is 6.08 Å². The second-order valence-corrected chi connectivity index (χ2v) is 8.52. The fourth-order valence-corrected chi connectivity index (χ4v) is 3.91. The molecule has 186 valence electrons. The Balaban J connectivity index is 1.53. The molecular weight excluding hydrogens is 467 g/mol. The molecule has 3 N–H and O–H groups in total. The summed E-state index contributed by atoms with van der Waals surface area (Å²) in [6, 6.07) is 8.93. The van der Waals surface area contributed by atoms with Crippen molar-refractivity contribution in [2.45, 2.75) is 19.6 Å². The molecule has 0 spiro atoms. The van der Waals surface area contributed by atoms with Crippen LogP contribution in [0.5, 0.6) is 0 Å². The molecule has 0 radical (unpaired) electrons. The molecule has 1 fully saturated rings. The van der Waals surface area contributed by atoms with Gasteiger partial charge in [-0.1, -0.05) is 24.6 Å².